The molecule has 1 aromatic carbocycles. The summed E-state index contributed by atoms with van der Waals surface area (Å²) < 4.78 is 10.4. The number of carbonyl (C=O) groups excluding carboxylic acids is 1. The molecule has 5 nitrogen and oxygen atoms in total. The molecule has 24 heavy (non-hydrogen) atoms. The van der Waals surface area contributed by atoms with Crippen LogP contribution >= 0.6 is 0 Å². The Bertz CT molecular complexity index is 850. The maximum atomic E-state index is 12.1. The average Bonchev–Trinajstić information content (AvgIpc) is 2.62. The Morgan fingerprint density at radius 1 is 1.42 bits per heavy atom. The Morgan fingerprint density at radius 3 is 3.00 bits per heavy atom. The van der Waals surface area contributed by atoms with Gasteiger partial charge in [-0.1, -0.05) is 18.2 Å². The standard InChI is InChI=1S/C19H18N2O3/c1-3-24-19(22)16-10-15-5-4-14(13-6-8-23-9-7-13)11-17(15)21-18(16)12-20-2/h4-6,10-11H,3,7-9,12H2,1H3. The third-order valence-electron chi connectivity index (χ3n) is 3.95. The second kappa shape index (κ2) is 7.24. The van der Waals surface area contributed by atoms with Gasteiger partial charge in [0.15, 0.2) is 0 Å². The molecule has 0 bridgehead atoms. The van der Waals surface area contributed by atoms with Crippen LogP contribution in [0.1, 0.15) is 35.0 Å². The van der Waals surface area contributed by atoms with E-state index >= 15 is 0 Å². The van der Waals surface area contributed by atoms with Crippen LogP contribution in [0.25, 0.3) is 21.3 Å². The number of fused-ring (bicyclic) bond motifs is 1. The first-order valence-corrected chi connectivity index (χ1v) is 7.94. The van der Waals surface area contributed by atoms with Gasteiger partial charge in [-0.2, -0.15) is 0 Å². The zero-order chi connectivity index (χ0) is 16.9. The third-order valence-corrected chi connectivity index (χ3v) is 3.95. The van der Waals surface area contributed by atoms with Gasteiger partial charge < -0.3 is 14.3 Å². The number of carbonyl (C=O) groups is 1. The number of hydrogen-bond acceptors (Lipinski definition) is 4. The summed E-state index contributed by atoms with van der Waals surface area (Å²) in [5.41, 5.74) is 3.97. The summed E-state index contributed by atoms with van der Waals surface area (Å²) in [5.74, 6) is -0.429. The predicted octanol–water partition coefficient (Wildman–Crippen LogP) is 3.63. The molecule has 0 amide bonds. The summed E-state index contributed by atoms with van der Waals surface area (Å²) in [7, 11) is 0. The smallest absolute Gasteiger partial charge is 0.340 e. The number of nitrogens with zero attached hydrogens (tertiary/aromatic N) is 2. The lowest BCUT2D eigenvalue weighted by Crippen LogP contribution is -2.09. The van der Waals surface area contributed by atoms with Crippen molar-refractivity contribution in [3.05, 3.63) is 58.6 Å². The average molecular weight is 322 g/mol. The van der Waals surface area contributed by atoms with E-state index in [1.807, 2.05) is 18.2 Å². The summed E-state index contributed by atoms with van der Waals surface area (Å²) >= 11 is 0. The lowest BCUT2D eigenvalue weighted by atomic mass is 9.99. The molecule has 0 N–H and O–H groups in total. The molecule has 0 unspecified atom stereocenters. The number of aromatic nitrogens is 1. The van der Waals surface area contributed by atoms with Crippen molar-refractivity contribution in [1.82, 2.24) is 4.98 Å². The van der Waals surface area contributed by atoms with Crippen LogP contribution < -0.4 is 0 Å². The van der Waals surface area contributed by atoms with E-state index in [2.05, 4.69) is 15.9 Å². The number of rotatable bonds is 4. The molecule has 1 aromatic heterocycles. The zero-order valence-electron chi connectivity index (χ0n) is 13.5. The van der Waals surface area contributed by atoms with E-state index in [9.17, 15) is 4.79 Å². The Morgan fingerprint density at radius 2 is 2.29 bits per heavy atom. The fourth-order valence-electron chi connectivity index (χ4n) is 2.78. The monoisotopic (exact) mass is 322 g/mol. The van der Waals surface area contributed by atoms with E-state index < -0.39 is 5.97 Å². The summed E-state index contributed by atoms with van der Waals surface area (Å²) in [5, 5.41) is 0.864. The van der Waals surface area contributed by atoms with Crippen molar-refractivity contribution in [3.63, 3.8) is 0 Å². The molecular formula is C19H18N2O3. The summed E-state index contributed by atoms with van der Waals surface area (Å²) in [4.78, 5) is 20.0. The van der Waals surface area contributed by atoms with Gasteiger partial charge in [-0.05, 0) is 36.6 Å². The summed E-state index contributed by atoms with van der Waals surface area (Å²) in [6.07, 6.45) is 2.96. The van der Waals surface area contributed by atoms with Gasteiger partial charge in [-0.25, -0.2) is 16.4 Å². The van der Waals surface area contributed by atoms with Gasteiger partial charge in [0, 0.05) is 5.39 Å². The van der Waals surface area contributed by atoms with E-state index in [1.54, 1.807) is 13.0 Å². The fourth-order valence-corrected chi connectivity index (χ4v) is 2.78. The molecule has 2 aromatic rings. The first-order chi connectivity index (χ1) is 11.7. The van der Waals surface area contributed by atoms with E-state index in [0.717, 1.165) is 29.5 Å². The highest BCUT2D eigenvalue weighted by Gasteiger charge is 2.18. The molecule has 0 saturated carbocycles. The van der Waals surface area contributed by atoms with E-state index in [-0.39, 0.29) is 6.54 Å². The molecule has 0 aliphatic carbocycles. The van der Waals surface area contributed by atoms with Gasteiger partial charge in [0.25, 0.3) is 6.54 Å². The van der Waals surface area contributed by atoms with E-state index in [1.165, 1.54) is 5.57 Å². The zero-order valence-corrected chi connectivity index (χ0v) is 13.5. The van der Waals surface area contributed by atoms with Crippen molar-refractivity contribution in [3.8, 4) is 0 Å². The molecule has 0 radical (unpaired) electrons. The second-order valence-electron chi connectivity index (χ2n) is 5.48. The second-order valence-corrected chi connectivity index (χ2v) is 5.48. The van der Waals surface area contributed by atoms with Crippen LogP contribution in [0.15, 0.2) is 30.3 Å². The molecule has 2 heterocycles. The van der Waals surface area contributed by atoms with Crippen molar-refractivity contribution in [2.24, 2.45) is 0 Å². The highest BCUT2D eigenvalue weighted by atomic mass is 16.5. The summed E-state index contributed by atoms with van der Waals surface area (Å²) in [6.45, 7) is 10.6. The molecule has 0 atom stereocenters. The van der Waals surface area contributed by atoms with Crippen LogP contribution in [-0.2, 0) is 16.0 Å². The molecule has 1 aliphatic rings. The number of ether oxygens (including phenoxy) is 2. The van der Waals surface area contributed by atoms with Crippen molar-refractivity contribution < 1.29 is 14.3 Å². The number of hydrogen-bond donors (Lipinski definition) is 0. The molecule has 122 valence electrons. The number of benzene rings is 1. The van der Waals surface area contributed by atoms with Crippen LogP contribution in [0, 0.1) is 6.57 Å². The van der Waals surface area contributed by atoms with E-state index in [4.69, 9.17) is 16.0 Å². The molecule has 0 saturated heterocycles. The van der Waals surface area contributed by atoms with Gasteiger partial charge in [-0.15, -0.1) is 0 Å². The minimum Gasteiger partial charge on any atom is -0.462 e. The minimum absolute atomic E-state index is 0.0604. The molecule has 1 aliphatic heterocycles. The lowest BCUT2D eigenvalue weighted by molar-refractivity contribution is 0.0525. The highest BCUT2D eigenvalue weighted by molar-refractivity contribution is 5.96. The topological polar surface area (TPSA) is 52.8 Å². The van der Waals surface area contributed by atoms with Crippen molar-refractivity contribution in [2.75, 3.05) is 19.8 Å². The molecular weight excluding hydrogens is 304 g/mol. The van der Waals surface area contributed by atoms with Crippen LogP contribution in [-0.4, -0.2) is 30.8 Å². The molecule has 0 spiro atoms. The Kier molecular flexibility index (Phi) is 4.88. The third kappa shape index (κ3) is 3.29. The van der Waals surface area contributed by atoms with Gasteiger partial charge in [0.1, 0.15) is 5.69 Å². The van der Waals surface area contributed by atoms with E-state index in [0.29, 0.717) is 24.5 Å². The normalized spacial score (nSPS) is 14.1. The van der Waals surface area contributed by atoms with Gasteiger partial charge in [-0.3, -0.25) is 0 Å². The van der Waals surface area contributed by atoms with Crippen LogP contribution in [0.2, 0.25) is 0 Å². The minimum atomic E-state index is -0.429. The summed E-state index contributed by atoms with van der Waals surface area (Å²) in [6, 6.07) is 7.76. The number of esters is 1. The van der Waals surface area contributed by atoms with Gasteiger partial charge >= 0.3 is 5.97 Å². The quantitative estimate of drug-likeness (QED) is 0.637. The number of pyridine rings is 1. The maximum Gasteiger partial charge on any atom is 0.340 e. The predicted molar refractivity (Wildman–Crippen MR) is 91.4 cm³/mol. The molecule has 3 rings (SSSR count). The van der Waals surface area contributed by atoms with Crippen molar-refractivity contribution in [2.45, 2.75) is 19.9 Å². The Hall–Kier alpha value is -2.71. The fraction of sp³-hybridized carbons (Fsp3) is 0.316. The Labute approximate surface area is 140 Å². The van der Waals surface area contributed by atoms with Crippen LogP contribution in [0.4, 0.5) is 0 Å². The maximum absolute atomic E-state index is 12.1. The largest absolute Gasteiger partial charge is 0.462 e. The molecule has 5 heteroatoms. The first kappa shape index (κ1) is 16.2. The van der Waals surface area contributed by atoms with Crippen LogP contribution in [0.5, 0.6) is 0 Å². The van der Waals surface area contributed by atoms with Crippen molar-refractivity contribution >= 4 is 22.4 Å². The van der Waals surface area contributed by atoms with Crippen molar-refractivity contribution in [1.29, 1.82) is 0 Å². The lowest BCUT2D eigenvalue weighted by Gasteiger charge is -2.14. The SMILES string of the molecule is [C-]#[N+]Cc1nc2cc(C3=CCOCC3)ccc2cc1C(=O)OCC. The Balaban J connectivity index is 2.07. The highest BCUT2D eigenvalue weighted by Crippen LogP contribution is 2.26. The van der Waals surface area contributed by atoms with Crippen LogP contribution in [0.3, 0.4) is 0 Å². The molecule has 0 fully saturated rings. The van der Waals surface area contributed by atoms with Gasteiger partial charge in [0.05, 0.1) is 30.9 Å². The first-order valence-electron chi connectivity index (χ1n) is 7.94. The van der Waals surface area contributed by atoms with Gasteiger partial charge in [0.2, 0.25) is 0 Å².